The zero-order valence-corrected chi connectivity index (χ0v) is 9.43. The van der Waals surface area contributed by atoms with Crippen molar-refractivity contribution < 1.29 is 24.2 Å². The molecule has 0 aromatic rings. The minimum absolute atomic E-state index is 0.335. The van der Waals surface area contributed by atoms with E-state index in [4.69, 9.17) is 5.11 Å². The van der Waals surface area contributed by atoms with Crippen molar-refractivity contribution in [2.24, 2.45) is 11.7 Å². The number of carboxylic acids is 1. The highest BCUT2D eigenvalue weighted by Gasteiger charge is 2.25. The van der Waals surface area contributed by atoms with Gasteiger partial charge in [0.15, 0.2) is 5.92 Å². The lowest BCUT2D eigenvalue weighted by atomic mass is 10.1. The largest absolute Gasteiger partial charge is 0.481 e. The summed E-state index contributed by atoms with van der Waals surface area (Å²) in [5, 5.41) is 8.51. The third kappa shape index (κ3) is 8.74. The zero-order valence-electron chi connectivity index (χ0n) is 9.43. The Morgan fingerprint density at radius 1 is 1.50 bits per heavy atom. The zero-order chi connectivity index (χ0) is 13.1. The van der Waals surface area contributed by atoms with Gasteiger partial charge in [0.05, 0.1) is 7.11 Å². The maximum atomic E-state index is 10.7. The number of carbonyl (C=O) groups is 3. The molecule has 1 atom stereocenters. The molecule has 92 valence electrons. The summed E-state index contributed by atoms with van der Waals surface area (Å²) in [7, 11) is 1.19. The average molecular weight is 231 g/mol. The van der Waals surface area contributed by atoms with Gasteiger partial charge in [-0.3, -0.25) is 14.4 Å². The Morgan fingerprint density at radius 3 is 2.12 bits per heavy atom. The normalized spacial score (nSPS) is 10.4. The van der Waals surface area contributed by atoms with Crippen LogP contribution in [-0.4, -0.2) is 30.1 Å². The number of carboxylic acid groups (broad SMARTS) is 1. The number of esters is 1. The number of hydrogen-bond acceptors (Lipinski definition) is 4. The fourth-order valence-electron chi connectivity index (χ4n) is 0.773. The van der Waals surface area contributed by atoms with Gasteiger partial charge in [0.25, 0.3) is 0 Å². The molecule has 3 N–H and O–H groups in total. The Kier molecular flexibility index (Phi) is 10.0. The van der Waals surface area contributed by atoms with E-state index < -0.39 is 23.8 Å². The fraction of sp³-hybridized carbons (Fsp3) is 0.500. The van der Waals surface area contributed by atoms with Crippen molar-refractivity contribution in [1.82, 2.24) is 0 Å². The first-order chi connectivity index (χ1) is 7.40. The number of carbonyl (C=O) groups excluding carboxylic acids is 2. The third-order valence-corrected chi connectivity index (χ3v) is 1.56. The SMILES string of the molecule is C=CC(N)=O.CCCC(C(=O)O)C(=O)OC. The van der Waals surface area contributed by atoms with Crippen molar-refractivity contribution in [2.75, 3.05) is 7.11 Å². The number of hydrogen-bond donors (Lipinski definition) is 2. The summed E-state index contributed by atoms with van der Waals surface area (Å²) >= 11 is 0. The molecule has 16 heavy (non-hydrogen) atoms. The van der Waals surface area contributed by atoms with Crippen LogP contribution < -0.4 is 5.73 Å². The van der Waals surface area contributed by atoms with Crippen LogP contribution in [0.25, 0.3) is 0 Å². The van der Waals surface area contributed by atoms with Crippen LogP contribution in [0.3, 0.4) is 0 Å². The van der Waals surface area contributed by atoms with E-state index in [9.17, 15) is 14.4 Å². The van der Waals surface area contributed by atoms with Gasteiger partial charge in [-0.05, 0) is 12.5 Å². The summed E-state index contributed by atoms with van der Waals surface area (Å²) in [4.78, 5) is 30.6. The van der Waals surface area contributed by atoms with E-state index in [-0.39, 0.29) is 0 Å². The molecule has 0 aliphatic rings. The minimum Gasteiger partial charge on any atom is -0.481 e. The second-order valence-electron chi connectivity index (χ2n) is 2.81. The summed E-state index contributed by atoms with van der Waals surface area (Å²) in [6.07, 6.45) is 2.05. The van der Waals surface area contributed by atoms with Crippen LogP contribution in [0.2, 0.25) is 0 Å². The Bertz CT molecular complexity index is 262. The Labute approximate surface area is 94.1 Å². The van der Waals surface area contributed by atoms with Gasteiger partial charge in [0.2, 0.25) is 5.91 Å². The van der Waals surface area contributed by atoms with Gasteiger partial charge >= 0.3 is 11.9 Å². The van der Waals surface area contributed by atoms with Gasteiger partial charge in [0, 0.05) is 0 Å². The lowest BCUT2D eigenvalue weighted by Gasteiger charge is -2.06. The molecule has 0 aliphatic carbocycles. The molecule has 0 bridgehead atoms. The highest BCUT2D eigenvalue weighted by molar-refractivity contribution is 5.93. The molecule has 0 heterocycles. The van der Waals surface area contributed by atoms with Gasteiger partial charge in [-0.25, -0.2) is 0 Å². The first-order valence-electron chi connectivity index (χ1n) is 4.63. The van der Waals surface area contributed by atoms with Crippen molar-refractivity contribution in [3.63, 3.8) is 0 Å². The molecule has 0 aliphatic heterocycles. The maximum Gasteiger partial charge on any atom is 0.320 e. The summed E-state index contributed by atoms with van der Waals surface area (Å²) < 4.78 is 4.31. The summed E-state index contributed by atoms with van der Waals surface area (Å²) in [5.41, 5.74) is 4.53. The molecular formula is C10H17NO5. The number of amides is 1. The predicted molar refractivity (Wildman–Crippen MR) is 57.4 cm³/mol. The van der Waals surface area contributed by atoms with Gasteiger partial charge < -0.3 is 15.6 Å². The highest BCUT2D eigenvalue weighted by atomic mass is 16.5. The molecule has 0 spiro atoms. The predicted octanol–water partition coefficient (Wildman–Crippen LogP) is 0.318. The Hall–Kier alpha value is -1.85. The highest BCUT2D eigenvalue weighted by Crippen LogP contribution is 2.07. The van der Waals surface area contributed by atoms with Crippen LogP contribution >= 0.6 is 0 Å². The summed E-state index contributed by atoms with van der Waals surface area (Å²) in [6, 6.07) is 0. The number of nitrogens with two attached hydrogens (primary N) is 1. The lowest BCUT2D eigenvalue weighted by Crippen LogP contribution is -2.24. The van der Waals surface area contributed by atoms with Crippen molar-refractivity contribution >= 4 is 17.8 Å². The molecule has 6 nitrogen and oxygen atoms in total. The van der Waals surface area contributed by atoms with Crippen molar-refractivity contribution in [1.29, 1.82) is 0 Å². The van der Waals surface area contributed by atoms with E-state index >= 15 is 0 Å². The average Bonchev–Trinajstić information content (AvgIpc) is 2.25. The molecule has 6 heteroatoms. The number of primary amides is 1. The van der Waals surface area contributed by atoms with E-state index in [1.807, 2.05) is 6.92 Å². The second kappa shape index (κ2) is 9.70. The van der Waals surface area contributed by atoms with E-state index in [1.165, 1.54) is 7.11 Å². The van der Waals surface area contributed by atoms with Crippen molar-refractivity contribution in [2.45, 2.75) is 19.8 Å². The van der Waals surface area contributed by atoms with Crippen LogP contribution in [0.15, 0.2) is 12.7 Å². The van der Waals surface area contributed by atoms with Gasteiger partial charge in [-0.2, -0.15) is 0 Å². The molecule has 0 radical (unpaired) electrons. The molecule has 0 aromatic carbocycles. The topological polar surface area (TPSA) is 107 Å². The minimum atomic E-state index is -1.11. The monoisotopic (exact) mass is 231 g/mol. The fourth-order valence-corrected chi connectivity index (χ4v) is 0.773. The van der Waals surface area contributed by atoms with Crippen molar-refractivity contribution in [3.05, 3.63) is 12.7 Å². The van der Waals surface area contributed by atoms with Crippen LogP contribution in [0.5, 0.6) is 0 Å². The van der Waals surface area contributed by atoms with E-state index in [1.54, 1.807) is 0 Å². The van der Waals surface area contributed by atoms with E-state index in [0.29, 0.717) is 12.8 Å². The van der Waals surface area contributed by atoms with E-state index in [0.717, 1.165) is 6.08 Å². The third-order valence-electron chi connectivity index (χ3n) is 1.56. The van der Waals surface area contributed by atoms with Crippen LogP contribution in [0.4, 0.5) is 0 Å². The van der Waals surface area contributed by atoms with Crippen LogP contribution in [0.1, 0.15) is 19.8 Å². The van der Waals surface area contributed by atoms with Gasteiger partial charge in [0.1, 0.15) is 0 Å². The first kappa shape index (κ1) is 16.6. The molecule has 0 saturated heterocycles. The molecule has 1 unspecified atom stereocenters. The smallest absolute Gasteiger partial charge is 0.320 e. The number of methoxy groups -OCH3 is 1. The molecular weight excluding hydrogens is 214 g/mol. The molecule has 0 fully saturated rings. The lowest BCUT2D eigenvalue weighted by molar-refractivity contribution is -0.157. The molecule has 0 rings (SSSR count). The number of rotatable bonds is 5. The quantitative estimate of drug-likeness (QED) is 0.402. The van der Waals surface area contributed by atoms with Crippen LogP contribution in [-0.2, 0) is 19.1 Å². The summed E-state index contributed by atoms with van der Waals surface area (Å²) in [5.74, 6) is -3.26. The number of ether oxygens (including phenoxy) is 1. The van der Waals surface area contributed by atoms with Crippen LogP contribution in [0, 0.1) is 5.92 Å². The molecule has 0 saturated carbocycles. The maximum absolute atomic E-state index is 10.7. The standard InChI is InChI=1S/C7H12O4.C3H5NO/c1-3-4-5(6(8)9)7(10)11-2;1-2-3(4)5/h5H,3-4H2,1-2H3,(H,8,9);2H,1H2,(H2,4,5). The van der Waals surface area contributed by atoms with Gasteiger partial charge in [-0.15, -0.1) is 0 Å². The Morgan fingerprint density at radius 2 is 1.94 bits per heavy atom. The molecule has 1 amide bonds. The van der Waals surface area contributed by atoms with E-state index in [2.05, 4.69) is 17.0 Å². The number of aliphatic carboxylic acids is 1. The molecule has 0 aromatic heterocycles. The second-order valence-corrected chi connectivity index (χ2v) is 2.81. The van der Waals surface area contributed by atoms with Crippen molar-refractivity contribution in [3.8, 4) is 0 Å². The Balaban J connectivity index is 0. The van der Waals surface area contributed by atoms with Gasteiger partial charge in [-0.1, -0.05) is 19.9 Å². The summed E-state index contributed by atoms with van der Waals surface area (Å²) in [6.45, 7) is 4.90. The first-order valence-corrected chi connectivity index (χ1v) is 4.63.